The Hall–Kier alpha value is -1.55. The van der Waals surface area contributed by atoms with Crippen LogP contribution in [0.1, 0.15) is 43.1 Å². The SMILES string of the molecule is CCOC1CC(NC(=O)c2cccc(N)c2C)C1(C)C. The predicted molar refractivity (Wildman–Crippen MR) is 80.7 cm³/mol. The number of rotatable bonds is 4. The maximum absolute atomic E-state index is 12.4. The van der Waals surface area contributed by atoms with Gasteiger partial charge >= 0.3 is 0 Å². The van der Waals surface area contributed by atoms with E-state index in [9.17, 15) is 4.79 Å². The van der Waals surface area contributed by atoms with E-state index in [2.05, 4.69) is 19.2 Å². The van der Waals surface area contributed by atoms with E-state index in [0.29, 0.717) is 17.9 Å². The quantitative estimate of drug-likeness (QED) is 0.831. The average molecular weight is 276 g/mol. The van der Waals surface area contributed by atoms with Gasteiger partial charge in [-0.15, -0.1) is 0 Å². The minimum Gasteiger partial charge on any atom is -0.398 e. The van der Waals surface area contributed by atoms with Crippen LogP contribution in [0.15, 0.2) is 18.2 Å². The molecule has 0 spiro atoms. The number of carbonyl (C=O) groups excluding carboxylic acids is 1. The third kappa shape index (κ3) is 2.52. The molecule has 1 aromatic carbocycles. The van der Waals surface area contributed by atoms with E-state index in [1.807, 2.05) is 32.0 Å². The maximum atomic E-state index is 12.4. The van der Waals surface area contributed by atoms with Gasteiger partial charge in [0.05, 0.1) is 6.10 Å². The van der Waals surface area contributed by atoms with E-state index in [-0.39, 0.29) is 23.5 Å². The van der Waals surface area contributed by atoms with Crippen LogP contribution in [0.4, 0.5) is 5.69 Å². The van der Waals surface area contributed by atoms with Crippen LogP contribution in [-0.4, -0.2) is 24.7 Å². The van der Waals surface area contributed by atoms with Gasteiger partial charge in [-0.3, -0.25) is 4.79 Å². The van der Waals surface area contributed by atoms with Crippen molar-refractivity contribution in [1.82, 2.24) is 5.32 Å². The Morgan fingerprint density at radius 3 is 2.80 bits per heavy atom. The second-order valence-electron chi connectivity index (χ2n) is 6.05. The van der Waals surface area contributed by atoms with E-state index in [4.69, 9.17) is 10.5 Å². The zero-order valence-corrected chi connectivity index (χ0v) is 12.7. The molecule has 110 valence electrons. The summed E-state index contributed by atoms with van der Waals surface area (Å²) >= 11 is 0. The topological polar surface area (TPSA) is 64.3 Å². The van der Waals surface area contributed by atoms with Crippen LogP contribution in [0.5, 0.6) is 0 Å². The Morgan fingerprint density at radius 2 is 2.20 bits per heavy atom. The Morgan fingerprint density at radius 1 is 1.50 bits per heavy atom. The molecule has 1 saturated carbocycles. The van der Waals surface area contributed by atoms with Crippen molar-refractivity contribution in [2.75, 3.05) is 12.3 Å². The van der Waals surface area contributed by atoms with Crippen molar-refractivity contribution in [3.05, 3.63) is 29.3 Å². The summed E-state index contributed by atoms with van der Waals surface area (Å²) in [5.74, 6) is -0.0529. The van der Waals surface area contributed by atoms with Gasteiger partial charge in [-0.05, 0) is 38.0 Å². The normalized spacial score (nSPS) is 24.0. The van der Waals surface area contributed by atoms with Crippen molar-refractivity contribution in [3.8, 4) is 0 Å². The molecule has 1 aliphatic carbocycles. The first-order valence-electron chi connectivity index (χ1n) is 7.15. The lowest BCUT2D eigenvalue weighted by Crippen LogP contribution is -2.62. The largest absolute Gasteiger partial charge is 0.398 e. The summed E-state index contributed by atoms with van der Waals surface area (Å²) in [5, 5.41) is 3.10. The molecule has 1 aromatic rings. The lowest BCUT2D eigenvalue weighted by atomic mass is 9.64. The van der Waals surface area contributed by atoms with Crippen LogP contribution < -0.4 is 11.1 Å². The van der Waals surface area contributed by atoms with Crippen LogP contribution in [0.3, 0.4) is 0 Å². The Bertz CT molecular complexity index is 511. The lowest BCUT2D eigenvalue weighted by Gasteiger charge is -2.51. The number of nitrogen functional groups attached to an aromatic ring is 1. The number of carbonyl (C=O) groups is 1. The number of hydrogen-bond acceptors (Lipinski definition) is 3. The highest BCUT2D eigenvalue weighted by molar-refractivity contribution is 5.97. The summed E-state index contributed by atoms with van der Waals surface area (Å²) in [7, 11) is 0. The summed E-state index contributed by atoms with van der Waals surface area (Å²) in [5.41, 5.74) is 7.96. The minimum absolute atomic E-state index is 0.0279. The number of amides is 1. The zero-order chi connectivity index (χ0) is 14.9. The standard InChI is InChI=1S/C16H24N2O2/c1-5-20-14-9-13(16(14,3)4)18-15(19)11-7-6-8-12(17)10(11)2/h6-8,13-14H,5,9,17H2,1-4H3,(H,18,19). The predicted octanol–water partition coefficient (Wildman–Crippen LogP) is 2.51. The van der Waals surface area contributed by atoms with Gasteiger partial charge in [0.2, 0.25) is 0 Å². The van der Waals surface area contributed by atoms with Crippen LogP contribution in [0.2, 0.25) is 0 Å². The summed E-state index contributed by atoms with van der Waals surface area (Å²) in [4.78, 5) is 12.4. The molecule has 1 aliphatic rings. The summed E-state index contributed by atoms with van der Waals surface area (Å²) < 4.78 is 5.68. The molecule has 3 N–H and O–H groups in total. The number of nitrogens with one attached hydrogen (secondary N) is 1. The molecule has 2 atom stereocenters. The Labute approximate surface area is 120 Å². The molecular weight excluding hydrogens is 252 g/mol. The van der Waals surface area contributed by atoms with E-state index >= 15 is 0 Å². The molecule has 4 nitrogen and oxygen atoms in total. The van der Waals surface area contributed by atoms with Crippen molar-refractivity contribution >= 4 is 11.6 Å². The van der Waals surface area contributed by atoms with E-state index < -0.39 is 0 Å². The fourth-order valence-corrected chi connectivity index (χ4v) is 2.75. The number of nitrogens with two attached hydrogens (primary N) is 1. The molecule has 0 aromatic heterocycles. The minimum atomic E-state index is -0.0529. The summed E-state index contributed by atoms with van der Waals surface area (Å²) in [6.07, 6.45) is 1.09. The molecule has 4 heteroatoms. The molecule has 2 unspecified atom stereocenters. The maximum Gasteiger partial charge on any atom is 0.251 e. The second-order valence-corrected chi connectivity index (χ2v) is 6.05. The fraction of sp³-hybridized carbons (Fsp3) is 0.562. The second kappa shape index (κ2) is 5.44. The summed E-state index contributed by atoms with van der Waals surface area (Å²) in [6, 6.07) is 5.58. The molecule has 20 heavy (non-hydrogen) atoms. The van der Waals surface area contributed by atoms with E-state index in [1.165, 1.54) is 0 Å². The smallest absolute Gasteiger partial charge is 0.251 e. The van der Waals surface area contributed by atoms with E-state index in [1.54, 1.807) is 0 Å². The molecule has 0 radical (unpaired) electrons. The molecule has 0 aliphatic heterocycles. The van der Waals surface area contributed by atoms with Crippen molar-refractivity contribution in [1.29, 1.82) is 0 Å². The lowest BCUT2D eigenvalue weighted by molar-refractivity contribution is -0.111. The fourth-order valence-electron chi connectivity index (χ4n) is 2.75. The first-order valence-corrected chi connectivity index (χ1v) is 7.15. The Balaban J connectivity index is 2.05. The van der Waals surface area contributed by atoms with Gasteiger partial charge in [-0.1, -0.05) is 19.9 Å². The van der Waals surface area contributed by atoms with Crippen LogP contribution in [-0.2, 0) is 4.74 Å². The highest BCUT2D eigenvalue weighted by Gasteiger charge is 2.49. The van der Waals surface area contributed by atoms with Crippen molar-refractivity contribution < 1.29 is 9.53 Å². The monoisotopic (exact) mass is 276 g/mol. The van der Waals surface area contributed by atoms with Crippen LogP contribution in [0.25, 0.3) is 0 Å². The van der Waals surface area contributed by atoms with Crippen molar-refractivity contribution in [2.45, 2.75) is 46.3 Å². The van der Waals surface area contributed by atoms with Gasteiger partial charge in [-0.2, -0.15) is 0 Å². The van der Waals surface area contributed by atoms with E-state index in [0.717, 1.165) is 12.0 Å². The molecule has 2 rings (SSSR count). The Kier molecular flexibility index (Phi) is 4.04. The van der Waals surface area contributed by atoms with Crippen LogP contribution >= 0.6 is 0 Å². The molecule has 0 heterocycles. The number of benzene rings is 1. The van der Waals surface area contributed by atoms with Gasteiger partial charge in [-0.25, -0.2) is 0 Å². The molecule has 0 saturated heterocycles. The molecule has 0 bridgehead atoms. The third-order valence-electron chi connectivity index (χ3n) is 4.47. The highest BCUT2D eigenvalue weighted by atomic mass is 16.5. The molecular formula is C16H24N2O2. The number of anilines is 1. The van der Waals surface area contributed by atoms with Gasteiger partial charge in [0.15, 0.2) is 0 Å². The third-order valence-corrected chi connectivity index (χ3v) is 4.47. The van der Waals surface area contributed by atoms with Crippen molar-refractivity contribution in [3.63, 3.8) is 0 Å². The van der Waals surface area contributed by atoms with Gasteiger partial charge < -0.3 is 15.8 Å². The summed E-state index contributed by atoms with van der Waals surface area (Å²) in [6.45, 7) is 8.85. The van der Waals surface area contributed by atoms with Gasteiger partial charge in [0.1, 0.15) is 0 Å². The first-order chi connectivity index (χ1) is 9.37. The van der Waals surface area contributed by atoms with Crippen LogP contribution in [0, 0.1) is 12.3 Å². The first kappa shape index (κ1) is 14.9. The van der Waals surface area contributed by atoms with Gasteiger partial charge in [0, 0.05) is 29.3 Å². The zero-order valence-electron chi connectivity index (χ0n) is 12.7. The number of hydrogen-bond donors (Lipinski definition) is 2. The van der Waals surface area contributed by atoms with Gasteiger partial charge in [0.25, 0.3) is 5.91 Å². The average Bonchev–Trinajstić information content (AvgIpc) is 2.40. The van der Waals surface area contributed by atoms with Crippen molar-refractivity contribution in [2.24, 2.45) is 5.41 Å². The highest BCUT2D eigenvalue weighted by Crippen LogP contribution is 2.42. The number of ether oxygens (including phenoxy) is 1. The molecule has 1 amide bonds. The molecule has 1 fully saturated rings.